The Hall–Kier alpha value is -2.01. The fourth-order valence-corrected chi connectivity index (χ4v) is 4.71. The largest absolute Gasteiger partial charge is 0.474 e. The number of nitrogens with zero attached hydrogens (tertiary/aromatic N) is 1. The number of carbonyl (C=O) groups excluding carboxylic acids is 2. The van der Waals surface area contributed by atoms with Crippen molar-refractivity contribution in [3.63, 3.8) is 0 Å². The maximum absolute atomic E-state index is 13.1. The van der Waals surface area contributed by atoms with E-state index in [9.17, 15) is 9.59 Å². The molecule has 1 saturated heterocycles. The van der Waals surface area contributed by atoms with Crippen molar-refractivity contribution in [3.8, 4) is 5.75 Å². The van der Waals surface area contributed by atoms with Crippen molar-refractivity contribution < 1.29 is 19.1 Å². The molecule has 144 valence electrons. The van der Waals surface area contributed by atoms with Crippen LogP contribution >= 0.6 is 11.6 Å². The number of halogens is 1. The van der Waals surface area contributed by atoms with E-state index in [1.165, 1.54) is 26.4 Å². The third kappa shape index (κ3) is 3.45. The van der Waals surface area contributed by atoms with Crippen LogP contribution in [0.1, 0.15) is 44.1 Å². The number of fused-ring (bicyclic) bond motifs is 2. The number of likely N-dealkylation sites (tertiary alicyclic amines) is 1. The summed E-state index contributed by atoms with van der Waals surface area (Å²) in [6.07, 6.45) is 7.78. The molecule has 2 aliphatic heterocycles. The summed E-state index contributed by atoms with van der Waals surface area (Å²) in [4.78, 5) is 27.2. The molecule has 0 N–H and O–H groups in total. The molecule has 0 spiro atoms. The maximum atomic E-state index is 13.1. The topological polar surface area (TPSA) is 55.8 Å². The quantitative estimate of drug-likeness (QED) is 0.734. The number of hydrogen-bond donors (Lipinski definition) is 0. The summed E-state index contributed by atoms with van der Waals surface area (Å²) in [5.41, 5.74) is 1.73. The molecule has 2 atom stereocenters. The summed E-state index contributed by atoms with van der Waals surface area (Å²) in [5, 5.41) is 0.487. The molecule has 1 aromatic rings. The normalized spacial score (nSPS) is 23.2. The first kappa shape index (κ1) is 18.4. The summed E-state index contributed by atoms with van der Waals surface area (Å²) in [7, 11) is 1.38. The Bertz CT molecular complexity index is 784. The van der Waals surface area contributed by atoms with E-state index in [-0.39, 0.29) is 11.9 Å². The second-order valence-electron chi connectivity index (χ2n) is 7.62. The molecule has 1 aromatic carbocycles. The Morgan fingerprint density at radius 2 is 2.11 bits per heavy atom. The van der Waals surface area contributed by atoms with Crippen LogP contribution in [0.25, 0.3) is 6.08 Å². The van der Waals surface area contributed by atoms with Crippen LogP contribution in [0.5, 0.6) is 5.75 Å². The van der Waals surface area contributed by atoms with Crippen molar-refractivity contribution >= 4 is 29.6 Å². The average molecular weight is 390 g/mol. The second kappa shape index (κ2) is 7.55. The van der Waals surface area contributed by atoms with E-state index in [0.29, 0.717) is 29.7 Å². The van der Waals surface area contributed by atoms with Gasteiger partial charge in [0.05, 0.1) is 12.1 Å². The molecule has 2 fully saturated rings. The first-order valence-electron chi connectivity index (χ1n) is 9.62. The minimum absolute atomic E-state index is 0.182. The van der Waals surface area contributed by atoms with Crippen LogP contribution in [0.15, 0.2) is 23.8 Å². The van der Waals surface area contributed by atoms with Gasteiger partial charge in [0, 0.05) is 12.1 Å². The van der Waals surface area contributed by atoms with E-state index < -0.39 is 12.1 Å². The Morgan fingerprint density at radius 1 is 1.33 bits per heavy atom. The third-order valence-electron chi connectivity index (χ3n) is 5.90. The standard InChI is InChI=1S/C21H24ClNO4/c1-26-21(25)17(10-13-6-3-2-4-7-13)23-12-15-11-14-8-5-9-16(22)18(14)27-19(15)20(23)24/h5,8-9,11,13,17,19H,2-4,6-7,10,12H2,1H3/t17-,19?/m0/s1. The number of methoxy groups -OCH3 is 1. The van der Waals surface area contributed by atoms with Gasteiger partial charge in [-0.2, -0.15) is 0 Å². The van der Waals surface area contributed by atoms with Gasteiger partial charge in [-0.3, -0.25) is 4.79 Å². The Balaban J connectivity index is 1.57. The predicted molar refractivity (Wildman–Crippen MR) is 103 cm³/mol. The zero-order valence-corrected chi connectivity index (χ0v) is 16.2. The fourth-order valence-electron chi connectivity index (χ4n) is 4.48. The van der Waals surface area contributed by atoms with Gasteiger partial charge in [0.15, 0.2) is 0 Å². The van der Waals surface area contributed by atoms with Crippen molar-refractivity contribution in [1.29, 1.82) is 0 Å². The van der Waals surface area contributed by atoms with E-state index in [2.05, 4.69) is 0 Å². The summed E-state index contributed by atoms with van der Waals surface area (Å²) in [6, 6.07) is 4.96. The molecule has 0 bridgehead atoms. The monoisotopic (exact) mass is 389 g/mol. The zero-order chi connectivity index (χ0) is 19.0. The Labute approximate surface area is 164 Å². The maximum Gasteiger partial charge on any atom is 0.328 e. The van der Waals surface area contributed by atoms with Crippen LogP contribution in [-0.2, 0) is 14.3 Å². The van der Waals surface area contributed by atoms with Gasteiger partial charge in [-0.15, -0.1) is 0 Å². The summed E-state index contributed by atoms with van der Waals surface area (Å²) < 4.78 is 11.0. The number of hydrogen-bond acceptors (Lipinski definition) is 4. The van der Waals surface area contributed by atoms with Gasteiger partial charge in [0.1, 0.15) is 11.8 Å². The number of esters is 1. The molecule has 2 heterocycles. The van der Waals surface area contributed by atoms with Crippen molar-refractivity contribution in [2.45, 2.75) is 50.7 Å². The zero-order valence-electron chi connectivity index (χ0n) is 15.4. The number of carbonyl (C=O) groups is 2. The highest BCUT2D eigenvalue weighted by Crippen LogP contribution is 2.40. The van der Waals surface area contributed by atoms with Crippen LogP contribution in [0.4, 0.5) is 0 Å². The van der Waals surface area contributed by atoms with Crippen LogP contribution in [0, 0.1) is 5.92 Å². The highest BCUT2D eigenvalue weighted by atomic mass is 35.5. The van der Waals surface area contributed by atoms with Crippen molar-refractivity contribution in [1.82, 2.24) is 4.90 Å². The highest BCUT2D eigenvalue weighted by molar-refractivity contribution is 6.32. The van der Waals surface area contributed by atoms with Gasteiger partial charge in [-0.05, 0) is 30.1 Å². The molecule has 27 heavy (non-hydrogen) atoms. The number of rotatable bonds is 4. The molecular weight excluding hydrogens is 366 g/mol. The van der Waals surface area contributed by atoms with Gasteiger partial charge in [-0.1, -0.05) is 55.8 Å². The lowest BCUT2D eigenvalue weighted by atomic mass is 9.84. The summed E-state index contributed by atoms with van der Waals surface area (Å²) in [6.45, 7) is 0.391. The van der Waals surface area contributed by atoms with Crippen molar-refractivity contribution in [2.75, 3.05) is 13.7 Å². The SMILES string of the molecule is COC(=O)[C@H](CC1CCCCC1)N1CC2=Cc3cccc(Cl)c3OC2C1=O. The number of para-hydroxylation sites is 1. The van der Waals surface area contributed by atoms with Crippen molar-refractivity contribution in [2.24, 2.45) is 5.92 Å². The highest BCUT2D eigenvalue weighted by Gasteiger charge is 2.46. The van der Waals surface area contributed by atoms with Gasteiger partial charge < -0.3 is 14.4 Å². The molecule has 6 heteroatoms. The third-order valence-corrected chi connectivity index (χ3v) is 6.20. The first-order valence-corrected chi connectivity index (χ1v) is 10.00. The van der Waals surface area contributed by atoms with Crippen molar-refractivity contribution in [3.05, 3.63) is 34.4 Å². The lowest BCUT2D eigenvalue weighted by Gasteiger charge is -2.30. The molecule has 0 radical (unpaired) electrons. The lowest BCUT2D eigenvalue weighted by molar-refractivity contribution is -0.153. The van der Waals surface area contributed by atoms with E-state index in [0.717, 1.165) is 24.0 Å². The van der Waals surface area contributed by atoms with E-state index in [1.807, 2.05) is 18.2 Å². The summed E-state index contributed by atoms with van der Waals surface area (Å²) in [5.74, 6) is 0.464. The van der Waals surface area contributed by atoms with Crippen LogP contribution in [0.2, 0.25) is 5.02 Å². The number of ether oxygens (including phenoxy) is 2. The van der Waals surface area contributed by atoms with Crippen LogP contribution in [-0.4, -0.2) is 42.6 Å². The second-order valence-corrected chi connectivity index (χ2v) is 8.03. The minimum Gasteiger partial charge on any atom is -0.474 e. The fraction of sp³-hybridized carbons (Fsp3) is 0.524. The molecule has 1 amide bonds. The molecule has 1 aliphatic carbocycles. The molecule has 4 rings (SSSR count). The van der Waals surface area contributed by atoms with E-state index >= 15 is 0 Å². The summed E-state index contributed by atoms with van der Waals surface area (Å²) >= 11 is 6.23. The number of amides is 1. The molecule has 5 nitrogen and oxygen atoms in total. The molecule has 0 aromatic heterocycles. The predicted octanol–water partition coefficient (Wildman–Crippen LogP) is 3.84. The van der Waals surface area contributed by atoms with Gasteiger partial charge in [0.25, 0.3) is 5.91 Å². The van der Waals surface area contributed by atoms with Gasteiger partial charge in [0.2, 0.25) is 6.10 Å². The van der Waals surface area contributed by atoms with Gasteiger partial charge in [-0.25, -0.2) is 4.79 Å². The molecular formula is C21H24ClNO4. The smallest absolute Gasteiger partial charge is 0.328 e. The molecule has 1 unspecified atom stereocenters. The van der Waals surface area contributed by atoms with Crippen LogP contribution in [0.3, 0.4) is 0 Å². The molecule has 1 saturated carbocycles. The first-order chi connectivity index (χ1) is 13.1. The minimum atomic E-state index is -0.698. The van der Waals surface area contributed by atoms with Crippen LogP contribution < -0.4 is 4.74 Å². The average Bonchev–Trinajstić information content (AvgIpc) is 3.01. The van der Waals surface area contributed by atoms with Gasteiger partial charge >= 0.3 is 5.97 Å². The Kier molecular flexibility index (Phi) is 5.13. The molecule has 3 aliphatic rings. The van der Waals surface area contributed by atoms with E-state index in [4.69, 9.17) is 21.1 Å². The number of benzene rings is 1. The lowest BCUT2D eigenvalue weighted by Crippen LogP contribution is -2.46. The van der Waals surface area contributed by atoms with E-state index in [1.54, 1.807) is 11.0 Å². The Morgan fingerprint density at radius 3 is 2.85 bits per heavy atom.